The van der Waals surface area contributed by atoms with E-state index in [0.29, 0.717) is 0 Å². The Bertz CT molecular complexity index is 513. The van der Waals surface area contributed by atoms with Gasteiger partial charge in [-0.2, -0.15) is 0 Å². The first-order valence-corrected chi connectivity index (χ1v) is 8.61. The molecule has 0 fully saturated rings. The number of halogens is 7. The predicted molar refractivity (Wildman–Crippen MR) is 72.7 cm³/mol. The first kappa shape index (κ1) is 19.5. The summed E-state index contributed by atoms with van der Waals surface area (Å²) in [5, 5.41) is 0. The second-order valence-electron chi connectivity index (χ2n) is 4.00. The fourth-order valence-electron chi connectivity index (χ4n) is 1.16. The molecule has 1 aromatic carbocycles. The van der Waals surface area contributed by atoms with Crippen LogP contribution < -0.4 is 0 Å². The van der Waals surface area contributed by atoms with E-state index in [4.69, 9.17) is 0 Å². The summed E-state index contributed by atoms with van der Waals surface area (Å²) in [6.07, 6.45) is -13.5. The van der Waals surface area contributed by atoms with Gasteiger partial charge in [0, 0.05) is 0 Å². The summed E-state index contributed by atoms with van der Waals surface area (Å²) in [4.78, 5) is 22.4. The molecule has 0 atom stereocenters. The van der Waals surface area contributed by atoms with E-state index in [9.17, 15) is 35.9 Å². The van der Waals surface area contributed by atoms with Crippen molar-refractivity contribution in [1.82, 2.24) is 0 Å². The normalized spacial score (nSPS) is 12.5. The van der Waals surface area contributed by atoms with Crippen LogP contribution in [0.15, 0.2) is 30.3 Å². The Labute approximate surface area is 134 Å². The number of carbonyl (C=O) groups excluding carboxylic acids is 2. The fourth-order valence-corrected chi connectivity index (χ4v) is 3.97. The van der Waals surface area contributed by atoms with Gasteiger partial charge >= 0.3 is 134 Å². The van der Waals surface area contributed by atoms with Crippen LogP contribution in [-0.2, 0) is 15.7 Å². The monoisotopic (exact) mass is 458 g/mol. The molecule has 0 unspecified atom stereocenters. The average Bonchev–Trinajstić information content (AvgIpc) is 2.34. The van der Waals surface area contributed by atoms with Gasteiger partial charge < -0.3 is 0 Å². The van der Waals surface area contributed by atoms with Crippen molar-refractivity contribution in [1.29, 1.82) is 0 Å². The number of carbonyl (C=O) groups is 2. The van der Waals surface area contributed by atoms with Crippen molar-refractivity contribution in [2.24, 2.45) is 0 Å². The molecule has 0 aliphatic carbocycles. The van der Waals surface area contributed by atoms with E-state index in [1.165, 1.54) is 30.3 Å². The molecule has 1 rings (SSSR count). The van der Waals surface area contributed by atoms with E-state index in [2.05, 4.69) is 6.13 Å². The number of alkyl halides is 6. The van der Waals surface area contributed by atoms with Crippen molar-refractivity contribution in [2.75, 3.05) is 0 Å². The molecular weight excluding hydrogens is 449 g/mol. The second-order valence-corrected chi connectivity index (χ2v) is 7.36. The molecular formula is C12H9F6IO4. The van der Waals surface area contributed by atoms with Crippen molar-refractivity contribution in [2.45, 2.75) is 25.2 Å². The van der Waals surface area contributed by atoms with Gasteiger partial charge in [-0.15, -0.1) is 0 Å². The van der Waals surface area contributed by atoms with Crippen molar-refractivity contribution < 1.29 is 42.1 Å². The molecule has 0 bridgehead atoms. The van der Waals surface area contributed by atoms with Gasteiger partial charge in [0.1, 0.15) is 0 Å². The quantitative estimate of drug-likeness (QED) is 0.491. The van der Waals surface area contributed by atoms with E-state index in [0.717, 1.165) is 0 Å². The first-order chi connectivity index (χ1) is 10.5. The Morgan fingerprint density at radius 3 is 1.57 bits per heavy atom. The number of rotatable bonds is 5. The van der Waals surface area contributed by atoms with Crippen LogP contribution in [0.2, 0.25) is 0 Å². The first-order valence-electron chi connectivity index (χ1n) is 5.77. The van der Waals surface area contributed by atoms with Crippen LogP contribution in [0.3, 0.4) is 0 Å². The van der Waals surface area contributed by atoms with Gasteiger partial charge in [-0.3, -0.25) is 0 Å². The average molecular weight is 458 g/mol. The molecule has 0 aliphatic rings. The maximum atomic E-state index is 12.1. The van der Waals surface area contributed by atoms with E-state index >= 15 is 0 Å². The maximum absolute atomic E-state index is 12.1. The third kappa shape index (κ3) is 8.62. The summed E-state index contributed by atoms with van der Waals surface area (Å²) in [5.41, 5.74) is 0. The van der Waals surface area contributed by atoms with Gasteiger partial charge in [0.05, 0.1) is 0 Å². The molecule has 4 nitrogen and oxygen atoms in total. The van der Waals surface area contributed by atoms with E-state index in [1.54, 1.807) is 0 Å². The third-order valence-corrected chi connectivity index (χ3v) is 5.43. The van der Waals surface area contributed by atoms with Gasteiger partial charge in [-0.25, -0.2) is 0 Å². The minimum atomic E-state index is -4.84. The standard InChI is InChI=1S/C12H9F6IO4/c13-11(14,15)6-9(20)22-19(8-4-2-1-3-5-8)23-10(21)7-12(16,17)18/h1-5H,6-7H2. The Balaban J connectivity index is 2.83. The van der Waals surface area contributed by atoms with Crippen molar-refractivity contribution in [3.05, 3.63) is 33.9 Å². The summed E-state index contributed by atoms with van der Waals surface area (Å²) in [7, 11) is 0. The SMILES string of the molecule is O=C(CC(F)(F)F)OI(OC(=O)CC(F)(F)F)c1ccccc1. The zero-order chi connectivity index (χ0) is 17.7. The minimum absolute atomic E-state index is 0.0720. The molecule has 0 heterocycles. The van der Waals surface area contributed by atoms with E-state index in [1.807, 2.05) is 0 Å². The van der Waals surface area contributed by atoms with Gasteiger partial charge in [-0.05, 0) is 0 Å². The molecule has 130 valence electrons. The molecule has 1 aromatic rings. The molecule has 11 heteroatoms. The van der Waals surface area contributed by atoms with Crippen LogP contribution in [0, 0.1) is 3.57 Å². The molecule has 0 aromatic heterocycles. The molecule has 0 N–H and O–H groups in total. The molecule has 0 saturated heterocycles. The predicted octanol–water partition coefficient (Wildman–Crippen LogP) is 4.18. The second kappa shape index (κ2) is 7.84. The Morgan fingerprint density at radius 2 is 1.22 bits per heavy atom. The summed E-state index contributed by atoms with van der Waals surface area (Å²) >= 11 is -3.79. The van der Waals surface area contributed by atoms with Crippen LogP contribution >= 0.6 is 20.6 Å². The Hall–Kier alpha value is -1.53. The summed E-state index contributed by atoms with van der Waals surface area (Å²) in [6, 6.07) is 6.91. The van der Waals surface area contributed by atoms with Gasteiger partial charge in [0.2, 0.25) is 0 Å². The van der Waals surface area contributed by atoms with Crippen molar-refractivity contribution in [3.63, 3.8) is 0 Å². The number of hydrogen-bond acceptors (Lipinski definition) is 4. The van der Waals surface area contributed by atoms with Crippen LogP contribution in [0.4, 0.5) is 26.3 Å². The Morgan fingerprint density at radius 1 is 0.826 bits per heavy atom. The van der Waals surface area contributed by atoms with Crippen LogP contribution in [0.5, 0.6) is 0 Å². The topological polar surface area (TPSA) is 52.6 Å². The molecule has 0 saturated carbocycles. The molecule has 0 spiro atoms. The van der Waals surface area contributed by atoms with Crippen molar-refractivity contribution in [3.8, 4) is 0 Å². The molecule has 0 aliphatic heterocycles. The zero-order valence-corrected chi connectivity index (χ0v) is 13.2. The summed E-state index contributed by atoms with van der Waals surface area (Å²) in [6.45, 7) is 0. The van der Waals surface area contributed by atoms with Gasteiger partial charge in [0.15, 0.2) is 0 Å². The zero-order valence-electron chi connectivity index (χ0n) is 11.1. The van der Waals surface area contributed by atoms with Gasteiger partial charge in [-0.1, -0.05) is 0 Å². The van der Waals surface area contributed by atoms with Crippen LogP contribution in [0.25, 0.3) is 0 Å². The van der Waals surface area contributed by atoms with Crippen LogP contribution in [-0.4, -0.2) is 24.3 Å². The molecule has 0 radical (unpaired) electrons. The summed E-state index contributed by atoms with van der Waals surface area (Å²) in [5.74, 6) is -3.43. The third-order valence-electron chi connectivity index (χ3n) is 1.91. The fraction of sp³-hybridized carbons (Fsp3) is 0.333. The van der Waals surface area contributed by atoms with Gasteiger partial charge in [0.25, 0.3) is 0 Å². The van der Waals surface area contributed by atoms with Crippen molar-refractivity contribution >= 4 is 32.6 Å². The molecule has 0 amide bonds. The van der Waals surface area contributed by atoms with E-state index in [-0.39, 0.29) is 3.57 Å². The number of benzene rings is 1. The summed E-state index contributed by atoms with van der Waals surface area (Å²) < 4.78 is 81.7. The number of hydrogen-bond donors (Lipinski definition) is 0. The molecule has 23 heavy (non-hydrogen) atoms. The van der Waals surface area contributed by atoms with E-state index < -0.39 is 57.8 Å². The van der Waals surface area contributed by atoms with Crippen LogP contribution in [0.1, 0.15) is 12.8 Å². The Kier molecular flexibility index (Phi) is 6.65.